The van der Waals surface area contributed by atoms with Gasteiger partial charge in [0.2, 0.25) is 5.91 Å². The third-order valence-electron chi connectivity index (χ3n) is 8.72. The molecule has 11 nitrogen and oxygen atoms in total. The zero-order valence-corrected chi connectivity index (χ0v) is 25.1. The van der Waals surface area contributed by atoms with E-state index in [0.717, 1.165) is 35.8 Å². The lowest BCUT2D eigenvalue weighted by Crippen LogP contribution is -2.55. The van der Waals surface area contributed by atoms with Gasteiger partial charge in [0.05, 0.1) is 24.2 Å². The molecule has 0 saturated carbocycles. The number of hydrogen-bond acceptors (Lipinski definition) is 9. The minimum absolute atomic E-state index is 0.113. The molecule has 0 spiro atoms. The number of aryl methyl sites for hydroxylation is 1. The summed E-state index contributed by atoms with van der Waals surface area (Å²) < 4.78 is 7.83. The maximum Gasteiger partial charge on any atom is 0.319 e. The SMILES string of the molecule is C=CC(=O)N1CCN(c2nc(OCC3CCCN3C)nc3c(=O)n(-c4cccc5ccccc45)c(CC)nc23)CC1CC#N. The van der Waals surface area contributed by atoms with Gasteiger partial charge in [-0.15, -0.1) is 0 Å². The maximum atomic E-state index is 14.4. The molecule has 226 valence electrons. The Hall–Kier alpha value is -4.82. The van der Waals surface area contributed by atoms with Gasteiger partial charge in [-0.3, -0.25) is 14.2 Å². The highest BCUT2D eigenvalue weighted by atomic mass is 16.5. The number of nitriles is 1. The van der Waals surface area contributed by atoms with Crippen molar-refractivity contribution in [2.45, 2.75) is 44.7 Å². The summed E-state index contributed by atoms with van der Waals surface area (Å²) >= 11 is 0. The fraction of sp³-hybridized carbons (Fsp3) is 0.394. The van der Waals surface area contributed by atoms with Crippen LogP contribution in [0.4, 0.5) is 5.82 Å². The number of likely N-dealkylation sites (N-methyl/N-ethyl adjacent to an activating group) is 1. The van der Waals surface area contributed by atoms with Gasteiger partial charge in [-0.05, 0) is 44.0 Å². The van der Waals surface area contributed by atoms with Gasteiger partial charge < -0.3 is 19.4 Å². The first-order valence-corrected chi connectivity index (χ1v) is 15.1. The Morgan fingerprint density at radius 2 is 1.91 bits per heavy atom. The van der Waals surface area contributed by atoms with Crippen LogP contribution in [-0.2, 0) is 11.2 Å². The summed E-state index contributed by atoms with van der Waals surface area (Å²) in [5.74, 6) is 0.834. The number of anilines is 1. The average Bonchev–Trinajstić information content (AvgIpc) is 3.47. The van der Waals surface area contributed by atoms with E-state index in [0.29, 0.717) is 49.8 Å². The van der Waals surface area contributed by atoms with E-state index in [4.69, 9.17) is 14.7 Å². The highest BCUT2D eigenvalue weighted by molar-refractivity contribution is 5.92. The molecule has 2 aliphatic rings. The van der Waals surface area contributed by atoms with Crippen molar-refractivity contribution in [3.63, 3.8) is 0 Å². The molecule has 2 aromatic carbocycles. The number of amides is 1. The van der Waals surface area contributed by atoms with E-state index < -0.39 is 0 Å². The van der Waals surface area contributed by atoms with Crippen LogP contribution in [0.2, 0.25) is 0 Å². The number of piperazine rings is 1. The largest absolute Gasteiger partial charge is 0.462 e. The normalized spacial score (nSPS) is 18.9. The van der Waals surface area contributed by atoms with E-state index in [1.165, 1.54) is 6.08 Å². The molecule has 0 bridgehead atoms. The molecule has 2 atom stereocenters. The predicted molar refractivity (Wildman–Crippen MR) is 169 cm³/mol. The molecule has 2 aliphatic heterocycles. The van der Waals surface area contributed by atoms with Crippen LogP contribution in [0.3, 0.4) is 0 Å². The van der Waals surface area contributed by atoms with Crippen molar-refractivity contribution in [3.05, 3.63) is 71.3 Å². The Kier molecular flexibility index (Phi) is 8.26. The molecule has 1 amide bonds. The second kappa shape index (κ2) is 12.4. The van der Waals surface area contributed by atoms with E-state index in [1.807, 2.05) is 54.3 Å². The smallest absolute Gasteiger partial charge is 0.319 e. The average molecular weight is 593 g/mol. The van der Waals surface area contributed by atoms with Crippen LogP contribution >= 0.6 is 0 Å². The summed E-state index contributed by atoms with van der Waals surface area (Å²) in [6.45, 7) is 8.16. The molecular weight excluding hydrogens is 556 g/mol. The summed E-state index contributed by atoms with van der Waals surface area (Å²) in [6, 6.07) is 16.0. The highest BCUT2D eigenvalue weighted by Crippen LogP contribution is 2.29. The lowest BCUT2D eigenvalue weighted by Gasteiger charge is -2.40. The first kappa shape index (κ1) is 29.3. The molecule has 4 heterocycles. The number of benzene rings is 2. The molecule has 0 radical (unpaired) electrons. The molecular formula is C33H36N8O3. The minimum atomic E-state index is -0.373. The fourth-order valence-corrected chi connectivity index (χ4v) is 6.35. The van der Waals surface area contributed by atoms with Crippen LogP contribution in [0, 0.1) is 11.3 Å². The number of hydrogen-bond donors (Lipinski definition) is 0. The fourth-order valence-electron chi connectivity index (χ4n) is 6.35. The quantitative estimate of drug-likeness (QED) is 0.283. The van der Waals surface area contributed by atoms with E-state index in [1.54, 1.807) is 9.47 Å². The Morgan fingerprint density at radius 1 is 1.09 bits per heavy atom. The first-order chi connectivity index (χ1) is 21.4. The van der Waals surface area contributed by atoms with Gasteiger partial charge in [0.15, 0.2) is 11.3 Å². The molecule has 2 fully saturated rings. The number of nitrogens with zero attached hydrogens (tertiary/aromatic N) is 8. The summed E-state index contributed by atoms with van der Waals surface area (Å²) in [7, 11) is 2.08. The lowest BCUT2D eigenvalue weighted by atomic mass is 10.1. The molecule has 44 heavy (non-hydrogen) atoms. The van der Waals surface area contributed by atoms with Crippen LogP contribution in [0.25, 0.3) is 27.5 Å². The highest BCUT2D eigenvalue weighted by Gasteiger charge is 2.32. The first-order valence-electron chi connectivity index (χ1n) is 15.1. The summed E-state index contributed by atoms with van der Waals surface area (Å²) in [5.41, 5.74) is 0.980. The van der Waals surface area contributed by atoms with Gasteiger partial charge in [0, 0.05) is 37.5 Å². The molecule has 2 unspecified atom stereocenters. The zero-order valence-electron chi connectivity index (χ0n) is 25.1. The number of likely N-dealkylation sites (tertiary alicyclic amines) is 1. The second-order valence-corrected chi connectivity index (χ2v) is 11.3. The summed E-state index contributed by atoms with van der Waals surface area (Å²) in [6.07, 6.45) is 4.04. The topological polar surface area (TPSA) is 120 Å². The van der Waals surface area contributed by atoms with E-state index in [9.17, 15) is 14.9 Å². The molecule has 0 N–H and O–H groups in total. The van der Waals surface area contributed by atoms with Crippen LogP contribution in [0.5, 0.6) is 6.01 Å². The van der Waals surface area contributed by atoms with Gasteiger partial charge in [0.25, 0.3) is 5.56 Å². The van der Waals surface area contributed by atoms with Crippen LogP contribution in [0.1, 0.15) is 32.0 Å². The Bertz CT molecular complexity index is 1820. The van der Waals surface area contributed by atoms with Gasteiger partial charge in [-0.2, -0.15) is 15.2 Å². The Morgan fingerprint density at radius 3 is 2.66 bits per heavy atom. The number of rotatable bonds is 8. The van der Waals surface area contributed by atoms with Gasteiger partial charge in [-0.1, -0.05) is 49.9 Å². The Labute approximate surface area is 256 Å². The number of carbonyl (C=O) groups is 1. The van der Waals surface area contributed by atoms with E-state index in [-0.39, 0.29) is 41.5 Å². The lowest BCUT2D eigenvalue weighted by molar-refractivity contribution is -0.128. The minimum Gasteiger partial charge on any atom is -0.462 e. The third-order valence-corrected chi connectivity index (χ3v) is 8.72. The third kappa shape index (κ3) is 5.37. The van der Waals surface area contributed by atoms with Crippen LogP contribution in [0.15, 0.2) is 59.9 Å². The van der Waals surface area contributed by atoms with Gasteiger partial charge in [-0.25, -0.2) is 4.98 Å². The number of aromatic nitrogens is 4. The van der Waals surface area contributed by atoms with Crippen LogP contribution in [-0.4, -0.2) is 87.1 Å². The number of fused-ring (bicyclic) bond motifs is 2. The van der Waals surface area contributed by atoms with E-state index >= 15 is 0 Å². The van der Waals surface area contributed by atoms with Crippen molar-refractivity contribution in [2.75, 3.05) is 44.7 Å². The van der Waals surface area contributed by atoms with Gasteiger partial charge in [0.1, 0.15) is 17.9 Å². The standard InChI is InChI=1S/C33H36N8O3/c1-4-27-35-29-30(32(43)41(27)26-14-8-11-22-10-6-7-13-25(22)26)36-33(44-21-24-12-9-17-38(24)3)37-31(29)39-18-19-40(28(42)5-2)23(20-39)15-16-34/h5-8,10-11,13-14,23-24H,2,4,9,12,15,17-21H2,1,3H3. The van der Waals surface area contributed by atoms with Crippen molar-refractivity contribution in [1.82, 2.24) is 29.3 Å². The molecule has 11 heteroatoms. The van der Waals surface area contributed by atoms with Crippen molar-refractivity contribution in [3.8, 4) is 17.8 Å². The molecule has 2 aromatic heterocycles. The zero-order chi connectivity index (χ0) is 30.8. The molecule has 4 aromatic rings. The number of carbonyl (C=O) groups excluding carboxylic acids is 1. The van der Waals surface area contributed by atoms with E-state index in [2.05, 4.69) is 29.6 Å². The maximum absolute atomic E-state index is 14.4. The second-order valence-electron chi connectivity index (χ2n) is 11.3. The molecule has 6 rings (SSSR count). The molecule has 2 saturated heterocycles. The number of ether oxygens (including phenoxy) is 1. The van der Waals surface area contributed by atoms with Crippen molar-refractivity contribution < 1.29 is 9.53 Å². The van der Waals surface area contributed by atoms with Crippen molar-refractivity contribution in [2.24, 2.45) is 0 Å². The monoisotopic (exact) mass is 592 g/mol. The van der Waals surface area contributed by atoms with Crippen molar-refractivity contribution >= 4 is 33.5 Å². The Balaban J connectivity index is 1.51. The predicted octanol–water partition coefficient (Wildman–Crippen LogP) is 3.48. The van der Waals surface area contributed by atoms with Crippen molar-refractivity contribution in [1.29, 1.82) is 5.26 Å². The van der Waals surface area contributed by atoms with Crippen LogP contribution < -0.4 is 15.2 Å². The molecule has 0 aliphatic carbocycles. The summed E-state index contributed by atoms with van der Waals surface area (Å²) in [5, 5.41) is 11.5. The summed E-state index contributed by atoms with van der Waals surface area (Å²) in [4.78, 5) is 47.4. The van der Waals surface area contributed by atoms with Gasteiger partial charge >= 0.3 is 6.01 Å².